The zero-order chi connectivity index (χ0) is 18.7. The van der Waals surface area contributed by atoms with Crippen LogP contribution in [0.4, 0.5) is 0 Å². The number of unbranched alkanes of at least 4 members (excludes halogenated alkanes) is 5. The number of aliphatic hydroxyl groups is 6. The van der Waals surface area contributed by atoms with Crippen LogP contribution in [0.1, 0.15) is 64.2 Å². The summed E-state index contributed by atoms with van der Waals surface area (Å²) in [6, 6.07) is -1.17. The molecule has 0 radical (unpaired) electrons. The zero-order valence-electron chi connectivity index (χ0n) is 15.1. The van der Waals surface area contributed by atoms with E-state index < -0.39 is 30.4 Å². The fourth-order valence-corrected chi connectivity index (χ4v) is 3.49. The van der Waals surface area contributed by atoms with Gasteiger partial charge in [-0.2, -0.15) is 0 Å². The monoisotopic (exact) mass is 363 g/mol. The van der Waals surface area contributed by atoms with Gasteiger partial charge in [0.2, 0.25) is 0 Å². The third-order valence-corrected chi connectivity index (χ3v) is 5.13. The van der Waals surface area contributed by atoms with Crippen molar-refractivity contribution in [2.45, 2.75) is 101 Å². The van der Waals surface area contributed by atoms with Crippen LogP contribution in [0.3, 0.4) is 0 Å². The third kappa shape index (κ3) is 8.30. The van der Waals surface area contributed by atoms with E-state index in [9.17, 15) is 20.4 Å². The van der Waals surface area contributed by atoms with E-state index in [0.29, 0.717) is 19.3 Å². The second-order valence-electron chi connectivity index (χ2n) is 7.25. The van der Waals surface area contributed by atoms with Crippen LogP contribution in [0.25, 0.3) is 0 Å². The summed E-state index contributed by atoms with van der Waals surface area (Å²) < 4.78 is 0. The molecule has 0 aromatic carbocycles. The van der Waals surface area contributed by atoms with Crippen molar-refractivity contribution in [3.8, 4) is 0 Å². The van der Waals surface area contributed by atoms with Gasteiger partial charge in [-0.15, -0.1) is 0 Å². The van der Waals surface area contributed by atoms with Crippen LogP contribution >= 0.6 is 0 Å². The van der Waals surface area contributed by atoms with Crippen molar-refractivity contribution >= 4 is 0 Å². The van der Waals surface area contributed by atoms with E-state index in [4.69, 9.17) is 10.2 Å². The van der Waals surface area contributed by atoms with Crippen molar-refractivity contribution in [1.82, 2.24) is 5.32 Å². The third-order valence-electron chi connectivity index (χ3n) is 5.13. The molecule has 1 saturated heterocycles. The minimum absolute atomic E-state index is 0.135. The van der Waals surface area contributed by atoms with Gasteiger partial charge in [-0.25, -0.2) is 0 Å². The van der Waals surface area contributed by atoms with Crippen LogP contribution in [-0.4, -0.2) is 80.4 Å². The van der Waals surface area contributed by atoms with E-state index in [1.807, 2.05) is 0 Å². The van der Waals surface area contributed by atoms with Crippen LogP contribution in [-0.2, 0) is 0 Å². The zero-order valence-corrected chi connectivity index (χ0v) is 15.1. The molecule has 1 aliphatic heterocycles. The molecule has 150 valence electrons. The summed E-state index contributed by atoms with van der Waals surface area (Å²) in [4.78, 5) is 0. The normalized spacial score (nSPS) is 29.0. The van der Waals surface area contributed by atoms with Crippen molar-refractivity contribution in [2.75, 3.05) is 13.2 Å². The van der Waals surface area contributed by atoms with E-state index in [1.54, 1.807) is 0 Å². The first-order valence-corrected chi connectivity index (χ1v) is 9.71. The van der Waals surface area contributed by atoms with Crippen molar-refractivity contribution in [1.29, 1.82) is 0 Å². The molecule has 7 N–H and O–H groups in total. The Morgan fingerprint density at radius 2 is 1.28 bits per heavy atom. The largest absolute Gasteiger partial charge is 0.396 e. The summed E-state index contributed by atoms with van der Waals surface area (Å²) in [5, 5.41) is 60.2. The quantitative estimate of drug-likeness (QED) is 0.210. The number of hydrogen-bond acceptors (Lipinski definition) is 7. The van der Waals surface area contributed by atoms with Crippen molar-refractivity contribution in [3.63, 3.8) is 0 Å². The van der Waals surface area contributed by atoms with Gasteiger partial charge in [0.25, 0.3) is 0 Å². The number of rotatable bonds is 14. The lowest BCUT2D eigenvalue weighted by Crippen LogP contribution is -2.44. The summed E-state index contributed by atoms with van der Waals surface area (Å²) in [6.07, 6.45) is 5.63. The molecular formula is C18H37NO6. The van der Waals surface area contributed by atoms with Gasteiger partial charge < -0.3 is 36.0 Å². The second kappa shape index (κ2) is 13.0. The maximum absolute atomic E-state index is 10.2. The van der Waals surface area contributed by atoms with Gasteiger partial charge in [0, 0.05) is 6.61 Å². The fourth-order valence-electron chi connectivity index (χ4n) is 3.49. The van der Waals surface area contributed by atoms with Gasteiger partial charge in [0.05, 0.1) is 43.1 Å². The molecular weight excluding hydrogens is 326 g/mol. The van der Waals surface area contributed by atoms with Gasteiger partial charge in [0.15, 0.2) is 0 Å². The van der Waals surface area contributed by atoms with Crippen molar-refractivity contribution in [2.24, 2.45) is 0 Å². The molecule has 0 bridgehead atoms. The van der Waals surface area contributed by atoms with Gasteiger partial charge in [0.1, 0.15) is 0 Å². The average molecular weight is 363 g/mol. The van der Waals surface area contributed by atoms with E-state index in [1.165, 1.54) is 0 Å². The first-order valence-electron chi connectivity index (χ1n) is 9.71. The Kier molecular flexibility index (Phi) is 11.8. The van der Waals surface area contributed by atoms with Crippen molar-refractivity contribution < 1.29 is 30.6 Å². The predicted octanol–water partition coefficient (Wildman–Crippen LogP) is -0.344. The standard InChI is InChI=1S/C18H37NO6/c20-11-7-9-13(22)8-5-3-1-2-4-6-10-15(23)16-18(25)17(24)14(12-21)19-16/h13-25H,1-12H2/t13-,14+,15-,16+,17+,18+/m0/s1. The Bertz CT molecular complexity index is 333. The number of aliphatic hydroxyl groups excluding tert-OH is 6. The van der Waals surface area contributed by atoms with Crippen LogP contribution < -0.4 is 5.32 Å². The van der Waals surface area contributed by atoms with Gasteiger partial charge in [-0.3, -0.25) is 0 Å². The van der Waals surface area contributed by atoms with Crippen LogP contribution in [0, 0.1) is 0 Å². The molecule has 7 nitrogen and oxygen atoms in total. The second-order valence-corrected chi connectivity index (χ2v) is 7.25. The molecule has 0 spiro atoms. The first kappa shape index (κ1) is 22.8. The van der Waals surface area contributed by atoms with E-state index in [2.05, 4.69) is 5.32 Å². The van der Waals surface area contributed by atoms with Crippen LogP contribution in [0.2, 0.25) is 0 Å². The molecule has 1 heterocycles. The molecule has 0 unspecified atom stereocenters. The summed E-state index contributed by atoms with van der Waals surface area (Å²) in [5.74, 6) is 0. The maximum atomic E-state index is 10.2. The Morgan fingerprint density at radius 3 is 1.84 bits per heavy atom. The van der Waals surface area contributed by atoms with Crippen LogP contribution in [0.15, 0.2) is 0 Å². The van der Waals surface area contributed by atoms with Crippen LogP contribution in [0.5, 0.6) is 0 Å². The van der Waals surface area contributed by atoms with E-state index in [0.717, 1.165) is 44.9 Å². The Labute approximate surface area is 150 Å². The molecule has 0 amide bonds. The van der Waals surface area contributed by atoms with E-state index >= 15 is 0 Å². The fraction of sp³-hybridized carbons (Fsp3) is 1.00. The molecule has 1 rings (SSSR count). The van der Waals surface area contributed by atoms with E-state index in [-0.39, 0.29) is 19.3 Å². The van der Waals surface area contributed by atoms with Gasteiger partial charge >= 0.3 is 0 Å². The summed E-state index contributed by atoms with van der Waals surface area (Å²) in [7, 11) is 0. The topological polar surface area (TPSA) is 133 Å². The molecule has 1 fully saturated rings. The molecule has 0 saturated carbocycles. The lowest BCUT2D eigenvalue weighted by molar-refractivity contribution is -0.00443. The molecule has 0 aromatic heterocycles. The highest BCUT2D eigenvalue weighted by atomic mass is 16.3. The number of nitrogens with one attached hydrogen (secondary N) is 1. The minimum Gasteiger partial charge on any atom is -0.396 e. The maximum Gasteiger partial charge on any atom is 0.0993 e. The Balaban J connectivity index is 2.01. The Hall–Kier alpha value is -0.280. The predicted molar refractivity (Wildman–Crippen MR) is 95.1 cm³/mol. The molecule has 0 aliphatic carbocycles. The summed E-state index contributed by atoms with van der Waals surface area (Å²) in [5.41, 5.74) is 0. The molecule has 7 heteroatoms. The lowest BCUT2D eigenvalue weighted by atomic mass is 9.98. The average Bonchev–Trinajstić information content (AvgIpc) is 2.90. The molecule has 0 aromatic rings. The first-order chi connectivity index (χ1) is 12.0. The van der Waals surface area contributed by atoms with Gasteiger partial charge in [-0.05, 0) is 25.7 Å². The van der Waals surface area contributed by atoms with Gasteiger partial charge in [-0.1, -0.05) is 38.5 Å². The minimum atomic E-state index is -1.05. The van der Waals surface area contributed by atoms with Crippen molar-refractivity contribution in [3.05, 3.63) is 0 Å². The highest BCUT2D eigenvalue weighted by Gasteiger charge is 2.43. The summed E-state index contributed by atoms with van der Waals surface area (Å²) in [6.45, 7) is -0.133. The Morgan fingerprint density at radius 1 is 0.720 bits per heavy atom. The highest BCUT2D eigenvalue weighted by Crippen LogP contribution is 2.20. The molecule has 25 heavy (non-hydrogen) atoms. The molecule has 6 atom stereocenters. The lowest BCUT2D eigenvalue weighted by Gasteiger charge is -2.22. The highest BCUT2D eigenvalue weighted by molar-refractivity contribution is 5.00. The smallest absolute Gasteiger partial charge is 0.0993 e. The SMILES string of the molecule is OCCC[C@@H](O)CCCCCCCC[C@H](O)[C@H]1N[C@H](CO)[C@@H](O)[C@@H]1O. The summed E-state index contributed by atoms with van der Waals surface area (Å²) >= 11 is 0. The number of hydrogen-bond donors (Lipinski definition) is 7. The molecule has 1 aliphatic rings.